The van der Waals surface area contributed by atoms with E-state index in [0.29, 0.717) is 5.91 Å². The molecule has 0 N–H and O–H groups in total. The van der Waals surface area contributed by atoms with Gasteiger partial charge in [0.05, 0.1) is 0 Å². The van der Waals surface area contributed by atoms with Gasteiger partial charge in [-0.05, 0) is 25.7 Å². The molecule has 0 saturated carbocycles. The molecule has 1 amide bonds. The highest BCUT2D eigenvalue weighted by atomic mass is 16.2. The van der Waals surface area contributed by atoms with E-state index in [2.05, 4.69) is 11.8 Å². The lowest BCUT2D eigenvalue weighted by Gasteiger charge is -2.26. The van der Waals surface area contributed by atoms with Crippen LogP contribution < -0.4 is 0 Å². The standard InChI is InChI=1S/C27H53NO/c1-2-3-4-5-6-7-8-9-10-11-12-13-14-15-16-17-18-19-21-24-27(29)28-25-22-20-23-26-28/h2-26H2,1H3. The second-order valence-corrected chi connectivity index (χ2v) is 9.56. The zero-order valence-corrected chi connectivity index (χ0v) is 20.0. The molecule has 0 unspecified atom stereocenters. The maximum atomic E-state index is 12.1. The predicted octanol–water partition coefficient (Wildman–Crippen LogP) is 8.82. The van der Waals surface area contributed by atoms with Crippen molar-refractivity contribution >= 4 is 5.91 Å². The summed E-state index contributed by atoms with van der Waals surface area (Å²) < 4.78 is 0. The van der Waals surface area contributed by atoms with E-state index < -0.39 is 0 Å². The van der Waals surface area contributed by atoms with Gasteiger partial charge in [-0.25, -0.2) is 0 Å². The summed E-state index contributed by atoms with van der Waals surface area (Å²) in [6.07, 6.45) is 31.2. The third-order valence-electron chi connectivity index (χ3n) is 6.70. The predicted molar refractivity (Wildman–Crippen MR) is 128 cm³/mol. The zero-order chi connectivity index (χ0) is 20.8. The van der Waals surface area contributed by atoms with Gasteiger partial charge in [0.2, 0.25) is 5.91 Å². The summed E-state index contributed by atoms with van der Waals surface area (Å²) in [5, 5.41) is 0. The Hall–Kier alpha value is -0.530. The van der Waals surface area contributed by atoms with Gasteiger partial charge in [-0.3, -0.25) is 4.79 Å². The highest BCUT2D eigenvalue weighted by Crippen LogP contribution is 2.16. The number of carbonyl (C=O) groups excluding carboxylic acids is 1. The van der Waals surface area contributed by atoms with Crippen LogP contribution in [-0.4, -0.2) is 23.9 Å². The first-order valence-electron chi connectivity index (χ1n) is 13.6. The van der Waals surface area contributed by atoms with E-state index in [1.807, 2.05) is 0 Å². The fourth-order valence-corrected chi connectivity index (χ4v) is 4.66. The van der Waals surface area contributed by atoms with Crippen LogP contribution in [0.5, 0.6) is 0 Å². The molecule has 172 valence electrons. The van der Waals surface area contributed by atoms with Crippen molar-refractivity contribution in [1.82, 2.24) is 4.90 Å². The van der Waals surface area contributed by atoms with Crippen molar-refractivity contribution < 1.29 is 4.79 Å². The molecular formula is C27H53NO. The fraction of sp³-hybridized carbons (Fsp3) is 0.963. The van der Waals surface area contributed by atoms with Gasteiger partial charge in [-0.15, -0.1) is 0 Å². The Morgan fingerprint density at radius 2 is 0.862 bits per heavy atom. The molecule has 0 spiro atoms. The monoisotopic (exact) mass is 407 g/mol. The molecule has 1 saturated heterocycles. The van der Waals surface area contributed by atoms with E-state index in [0.717, 1.165) is 25.9 Å². The minimum atomic E-state index is 0.414. The summed E-state index contributed by atoms with van der Waals surface area (Å²) in [5.74, 6) is 0.414. The van der Waals surface area contributed by atoms with Gasteiger partial charge < -0.3 is 4.90 Å². The van der Waals surface area contributed by atoms with Gasteiger partial charge in [-0.2, -0.15) is 0 Å². The molecule has 0 bridgehead atoms. The summed E-state index contributed by atoms with van der Waals surface area (Å²) in [6.45, 7) is 4.32. The summed E-state index contributed by atoms with van der Waals surface area (Å²) in [4.78, 5) is 14.2. The number of rotatable bonds is 20. The van der Waals surface area contributed by atoms with Crippen LogP contribution in [0.2, 0.25) is 0 Å². The molecule has 1 fully saturated rings. The van der Waals surface area contributed by atoms with Gasteiger partial charge in [0.1, 0.15) is 0 Å². The van der Waals surface area contributed by atoms with Gasteiger partial charge in [0.15, 0.2) is 0 Å². The number of unbranched alkanes of at least 4 members (excludes halogenated alkanes) is 18. The Labute approximate surface area is 183 Å². The van der Waals surface area contributed by atoms with E-state index in [1.165, 1.54) is 135 Å². The molecule has 0 radical (unpaired) electrons. The van der Waals surface area contributed by atoms with Crippen molar-refractivity contribution in [3.8, 4) is 0 Å². The minimum absolute atomic E-state index is 0.414. The van der Waals surface area contributed by atoms with Crippen LogP contribution in [0.1, 0.15) is 155 Å². The number of amides is 1. The van der Waals surface area contributed by atoms with Crippen LogP contribution in [0, 0.1) is 0 Å². The number of carbonyl (C=O) groups is 1. The summed E-state index contributed by atoms with van der Waals surface area (Å²) >= 11 is 0. The molecule has 29 heavy (non-hydrogen) atoms. The quantitative estimate of drug-likeness (QED) is 0.185. The lowest BCUT2D eigenvalue weighted by molar-refractivity contribution is -0.132. The summed E-state index contributed by atoms with van der Waals surface area (Å²) in [6, 6.07) is 0. The fourth-order valence-electron chi connectivity index (χ4n) is 4.66. The molecule has 2 nitrogen and oxygen atoms in total. The molecule has 0 aliphatic carbocycles. The molecule has 0 atom stereocenters. The lowest BCUT2D eigenvalue weighted by atomic mass is 10.0. The average Bonchev–Trinajstić information content (AvgIpc) is 2.75. The second kappa shape index (κ2) is 20.7. The molecule has 0 aromatic heterocycles. The van der Waals surface area contributed by atoms with Crippen LogP contribution >= 0.6 is 0 Å². The second-order valence-electron chi connectivity index (χ2n) is 9.56. The van der Waals surface area contributed by atoms with Crippen LogP contribution in [0.3, 0.4) is 0 Å². The first kappa shape index (κ1) is 26.5. The van der Waals surface area contributed by atoms with E-state index >= 15 is 0 Å². The van der Waals surface area contributed by atoms with Crippen molar-refractivity contribution in [1.29, 1.82) is 0 Å². The highest BCUT2D eigenvalue weighted by Gasteiger charge is 2.15. The molecule has 1 heterocycles. The third kappa shape index (κ3) is 16.9. The number of piperidine rings is 1. The first-order chi connectivity index (χ1) is 14.3. The Morgan fingerprint density at radius 1 is 0.517 bits per heavy atom. The van der Waals surface area contributed by atoms with Crippen LogP contribution in [-0.2, 0) is 4.79 Å². The van der Waals surface area contributed by atoms with Crippen molar-refractivity contribution in [2.75, 3.05) is 13.1 Å². The average molecular weight is 408 g/mol. The van der Waals surface area contributed by atoms with Crippen molar-refractivity contribution in [2.45, 2.75) is 155 Å². The Kier molecular flexibility index (Phi) is 18.9. The van der Waals surface area contributed by atoms with E-state index in [9.17, 15) is 4.79 Å². The largest absolute Gasteiger partial charge is 0.343 e. The molecule has 1 aliphatic rings. The molecule has 2 heteroatoms. The Bertz CT molecular complexity index is 348. The number of likely N-dealkylation sites (tertiary alicyclic amines) is 1. The maximum absolute atomic E-state index is 12.1. The van der Waals surface area contributed by atoms with Crippen LogP contribution in [0.4, 0.5) is 0 Å². The molecular weight excluding hydrogens is 354 g/mol. The van der Waals surface area contributed by atoms with Gasteiger partial charge >= 0.3 is 0 Å². The zero-order valence-electron chi connectivity index (χ0n) is 20.0. The number of hydrogen-bond acceptors (Lipinski definition) is 1. The Balaban J connectivity index is 1.69. The van der Waals surface area contributed by atoms with Gasteiger partial charge in [0, 0.05) is 19.5 Å². The number of hydrogen-bond donors (Lipinski definition) is 0. The molecule has 1 rings (SSSR count). The first-order valence-corrected chi connectivity index (χ1v) is 13.6. The van der Waals surface area contributed by atoms with Crippen molar-refractivity contribution in [3.05, 3.63) is 0 Å². The molecule has 0 aromatic carbocycles. The topological polar surface area (TPSA) is 20.3 Å². The Morgan fingerprint density at radius 3 is 1.24 bits per heavy atom. The SMILES string of the molecule is CCCCCCCCCCCCCCCCCCCCCC(=O)N1CCCCC1. The number of nitrogens with zero attached hydrogens (tertiary/aromatic N) is 1. The van der Waals surface area contributed by atoms with E-state index in [1.54, 1.807) is 0 Å². The normalized spacial score (nSPS) is 14.4. The summed E-state index contributed by atoms with van der Waals surface area (Å²) in [5.41, 5.74) is 0. The smallest absolute Gasteiger partial charge is 0.222 e. The van der Waals surface area contributed by atoms with E-state index in [-0.39, 0.29) is 0 Å². The van der Waals surface area contributed by atoms with E-state index in [4.69, 9.17) is 0 Å². The van der Waals surface area contributed by atoms with Crippen LogP contribution in [0.25, 0.3) is 0 Å². The van der Waals surface area contributed by atoms with Gasteiger partial charge in [-0.1, -0.05) is 122 Å². The minimum Gasteiger partial charge on any atom is -0.343 e. The third-order valence-corrected chi connectivity index (χ3v) is 6.70. The highest BCUT2D eigenvalue weighted by molar-refractivity contribution is 5.76. The van der Waals surface area contributed by atoms with Crippen molar-refractivity contribution in [2.24, 2.45) is 0 Å². The maximum Gasteiger partial charge on any atom is 0.222 e. The molecule has 1 aliphatic heterocycles. The van der Waals surface area contributed by atoms with Crippen molar-refractivity contribution in [3.63, 3.8) is 0 Å². The van der Waals surface area contributed by atoms with Crippen LogP contribution in [0.15, 0.2) is 0 Å². The lowest BCUT2D eigenvalue weighted by Crippen LogP contribution is -2.35. The van der Waals surface area contributed by atoms with Gasteiger partial charge in [0.25, 0.3) is 0 Å². The molecule has 0 aromatic rings. The summed E-state index contributed by atoms with van der Waals surface area (Å²) in [7, 11) is 0.